The van der Waals surface area contributed by atoms with Gasteiger partial charge in [0.2, 0.25) is 0 Å². The predicted molar refractivity (Wildman–Crippen MR) is 30.5 cm³/mol. The first kappa shape index (κ1) is 7.08. The Hall–Kier alpha value is 0.0774. The summed E-state index contributed by atoms with van der Waals surface area (Å²) in [5.74, 6) is 2.32. The molecule has 4 N–H and O–H groups in total. The van der Waals surface area contributed by atoms with Crippen LogP contribution in [0.1, 0.15) is 0 Å². The van der Waals surface area contributed by atoms with E-state index in [-0.39, 0.29) is 10.8 Å². The van der Waals surface area contributed by atoms with E-state index in [1.807, 2.05) is 0 Å². The molecule has 2 atom stereocenters. The molecule has 0 fully saturated rings. The molecule has 0 aromatic carbocycles. The molecular weight excluding hydrogens is 83.0 g/mol. The molecule has 0 bridgehead atoms. The third-order valence-electron chi connectivity index (χ3n) is 0.759. The van der Waals surface area contributed by atoms with E-state index < -0.39 is 0 Å². The van der Waals surface area contributed by atoms with Gasteiger partial charge in [0, 0.05) is 0 Å². The minimum absolute atomic E-state index is 0.0926. The van der Waals surface area contributed by atoms with Crippen LogP contribution in [-0.4, -0.2) is 28.5 Å². The maximum atomic E-state index is 5.28. The van der Waals surface area contributed by atoms with E-state index in [0.29, 0.717) is 0 Å². The van der Waals surface area contributed by atoms with Gasteiger partial charge in [0.15, 0.2) is 0 Å². The van der Waals surface area contributed by atoms with Crippen LogP contribution in [0.4, 0.5) is 0 Å². The SMILES string of the molecule is [Li][CH](N)C(N)C#C. The van der Waals surface area contributed by atoms with Crippen LogP contribution < -0.4 is 11.5 Å². The van der Waals surface area contributed by atoms with Crippen LogP contribution in [0.3, 0.4) is 0 Å². The topological polar surface area (TPSA) is 52.0 Å². The molecule has 34 valence electrons. The van der Waals surface area contributed by atoms with E-state index in [1.54, 1.807) is 17.7 Å². The van der Waals surface area contributed by atoms with E-state index in [1.165, 1.54) is 0 Å². The van der Waals surface area contributed by atoms with Crippen molar-refractivity contribution in [3.05, 3.63) is 0 Å². The summed E-state index contributed by atoms with van der Waals surface area (Å²) in [5.41, 5.74) is 10.5. The van der Waals surface area contributed by atoms with Gasteiger partial charge in [-0.15, -0.1) is 0 Å². The zero-order valence-corrected chi connectivity index (χ0v) is 4.39. The maximum absolute atomic E-state index is 5.28. The Morgan fingerprint density at radius 2 is 2.00 bits per heavy atom. The first-order valence-corrected chi connectivity index (χ1v) is 2.15. The molecule has 0 saturated heterocycles. The normalized spacial score (nSPS) is 17.6. The van der Waals surface area contributed by atoms with E-state index >= 15 is 0 Å². The fourth-order valence-electron chi connectivity index (χ4n) is 0.152. The molecule has 0 aliphatic heterocycles. The number of terminal acetylenes is 1. The van der Waals surface area contributed by atoms with Crippen LogP contribution in [0.15, 0.2) is 0 Å². The van der Waals surface area contributed by atoms with Crippen molar-refractivity contribution < 1.29 is 0 Å². The second kappa shape index (κ2) is 3.13. The van der Waals surface area contributed by atoms with Gasteiger partial charge >= 0.3 is 52.3 Å². The van der Waals surface area contributed by atoms with Gasteiger partial charge in [-0.2, -0.15) is 0 Å². The van der Waals surface area contributed by atoms with Crippen LogP contribution in [0.5, 0.6) is 0 Å². The van der Waals surface area contributed by atoms with E-state index in [9.17, 15) is 0 Å². The Bertz CT molecular complexity index is 84.2. The van der Waals surface area contributed by atoms with E-state index in [0.717, 1.165) is 0 Å². The van der Waals surface area contributed by atoms with Gasteiger partial charge in [-0.25, -0.2) is 0 Å². The van der Waals surface area contributed by atoms with Crippen molar-refractivity contribution in [1.82, 2.24) is 0 Å². The molecule has 2 unspecified atom stereocenters. The predicted octanol–water partition coefficient (Wildman–Crippen LogP) is -1.60. The van der Waals surface area contributed by atoms with Crippen molar-refractivity contribution in [3.63, 3.8) is 0 Å². The molecule has 0 spiro atoms. The van der Waals surface area contributed by atoms with Gasteiger partial charge in [-0.1, -0.05) is 0 Å². The number of nitrogens with two attached hydrogens (primary N) is 2. The molecule has 0 aliphatic rings. The van der Waals surface area contributed by atoms with Gasteiger partial charge in [-0.05, 0) is 0 Å². The van der Waals surface area contributed by atoms with Crippen molar-refractivity contribution in [3.8, 4) is 12.3 Å². The summed E-state index contributed by atoms with van der Waals surface area (Å²) in [6.45, 7) is 0. The van der Waals surface area contributed by atoms with Crippen molar-refractivity contribution in [2.45, 2.75) is 10.8 Å². The van der Waals surface area contributed by atoms with Crippen LogP contribution in [0.2, 0.25) is 0 Å². The summed E-state index contributed by atoms with van der Waals surface area (Å²) in [6.07, 6.45) is 4.92. The molecule has 2 nitrogen and oxygen atoms in total. The monoisotopic (exact) mass is 90.1 g/mol. The van der Waals surface area contributed by atoms with Gasteiger partial charge < -0.3 is 0 Å². The average molecular weight is 90.1 g/mol. The Kier molecular flexibility index (Phi) is 3.16. The van der Waals surface area contributed by atoms with Crippen molar-refractivity contribution in [2.75, 3.05) is 0 Å². The zero-order valence-electron chi connectivity index (χ0n) is 4.39. The van der Waals surface area contributed by atoms with Crippen molar-refractivity contribution in [2.24, 2.45) is 11.5 Å². The Balaban J connectivity index is 3.40. The summed E-state index contributed by atoms with van der Waals surface area (Å²) < 4.78 is -0.0926. The molecule has 3 heteroatoms. The summed E-state index contributed by atoms with van der Waals surface area (Å²) in [7, 11) is 0. The first-order chi connectivity index (χ1) is 3.18. The Morgan fingerprint density at radius 1 is 1.57 bits per heavy atom. The summed E-state index contributed by atoms with van der Waals surface area (Å²) in [4.78, 5) is 0. The standard InChI is InChI=1S/C4H7N2.Li/c1-2-4(6)3-5;/h1,3-4H,5-6H2;. The molecular formula is C4H7LiN2. The molecule has 0 aromatic heterocycles. The summed E-state index contributed by atoms with van der Waals surface area (Å²) in [6, 6.07) is -0.292. The molecule has 0 radical (unpaired) electrons. The van der Waals surface area contributed by atoms with E-state index in [4.69, 9.17) is 17.9 Å². The third-order valence-corrected chi connectivity index (χ3v) is 0.759. The number of hydrogen-bond acceptors (Lipinski definition) is 2. The third kappa shape index (κ3) is 2.74. The fourth-order valence-corrected chi connectivity index (χ4v) is 0.152. The molecule has 7 heavy (non-hydrogen) atoms. The van der Waals surface area contributed by atoms with Crippen LogP contribution in [0, 0.1) is 12.3 Å². The van der Waals surface area contributed by atoms with Crippen molar-refractivity contribution in [1.29, 1.82) is 0 Å². The van der Waals surface area contributed by atoms with Crippen LogP contribution >= 0.6 is 0 Å². The minimum atomic E-state index is -0.292. The van der Waals surface area contributed by atoms with Crippen LogP contribution in [-0.2, 0) is 0 Å². The Labute approximate surface area is 52.8 Å². The molecule has 0 amide bonds. The molecule has 0 heterocycles. The zero-order chi connectivity index (χ0) is 5.86. The van der Waals surface area contributed by atoms with Gasteiger partial charge in [0.05, 0.1) is 0 Å². The first-order valence-electron chi connectivity index (χ1n) is 2.15. The van der Waals surface area contributed by atoms with Gasteiger partial charge in [0.25, 0.3) is 0 Å². The number of rotatable bonds is 1. The van der Waals surface area contributed by atoms with Gasteiger partial charge in [-0.3, -0.25) is 0 Å². The second-order valence-electron chi connectivity index (χ2n) is 1.55. The second-order valence-corrected chi connectivity index (χ2v) is 1.55. The number of hydrogen-bond donors (Lipinski definition) is 2. The van der Waals surface area contributed by atoms with Gasteiger partial charge in [0.1, 0.15) is 0 Å². The summed E-state index contributed by atoms with van der Waals surface area (Å²) >= 11 is 1.78. The molecule has 0 aliphatic carbocycles. The fraction of sp³-hybridized carbons (Fsp3) is 0.500. The summed E-state index contributed by atoms with van der Waals surface area (Å²) in [5, 5.41) is 0. The van der Waals surface area contributed by atoms with Crippen molar-refractivity contribution >= 4 is 17.7 Å². The van der Waals surface area contributed by atoms with Crippen LogP contribution in [0.25, 0.3) is 0 Å². The molecule has 0 saturated carbocycles. The molecule has 0 aromatic rings. The Morgan fingerprint density at radius 3 is 2.00 bits per heavy atom. The molecule has 0 rings (SSSR count). The van der Waals surface area contributed by atoms with E-state index in [2.05, 4.69) is 5.92 Å². The quantitative estimate of drug-likeness (QED) is 0.301. The average Bonchev–Trinajstić information content (AvgIpc) is 1.65.